The van der Waals surface area contributed by atoms with Crippen molar-refractivity contribution in [2.45, 2.75) is 33.6 Å². The first-order chi connectivity index (χ1) is 17.0. The Balaban J connectivity index is 1.78. The van der Waals surface area contributed by atoms with E-state index in [1.807, 2.05) is 51.1 Å². The average Bonchev–Trinajstić information content (AvgIpc) is 2.87. The lowest BCUT2D eigenvalue weighted by molar-refractivity contribution is -0.116. The Morgan fingerprint density at radius 2 is 1.23 bits per heavy atom. The third-order valence-corrected chi connectivity index (χ3v) is 5.13. The Bertz CT molecular complexity index is 1130. The predicted octanol–water partition coefficient (Wildman–Crippen LogP) is 5.71. The molecule has 7 heteroatoms. The van der Waals surface area contributed by atoms with Crippen molar-refractivity contribution >= 4 is 23.2 Å². The van der Waals surface area contributed by atoms with E-state index in [1.165, 1.54) is 0 Å². The SMILES string of the molecule is CCOc1ccccc1CCC(=O)Nc1cc(OCC)c(NC(=O)c2ccccc2)cc1OCC. The largest absolute Gasteiger partial charge is 0.494 e. The van der Waals surface area contributed by atoms with E-state index in [9.17, 15) is 9.59 Å². The van der Waals surface area contributed by atoms with Crippen LogP contribution >= 0.6 is 0 Å². The lowest BCUT2D eigenvalue weighted by Crippen LogP contribution is -2.16. The minimum absolute atomic E-state index is 0.166. The molecule has 0 aromatic heterocycles. The van der Waals surface area contributed by atoms with Crippen LogP contribution in [0.5, 0.6) is 17.2 Å². The second kappa shape index (κ2) is 13.0. The number of anilines is 2. The highest BCUT2D eigenvalue weighted by Gasteiger charge is 2.17. The molecule has 35 heavy (non-hydrogen) atoms. The zero-order valence-electron chi connectivity index (χ0n) is 20.4. The predicted molar refractivity (Wildman–Crippen MR) is 138 cm³/mol. The van der Waals surface area contributed by atoms with Crippen molar-refractivity contribution in [1.82, 2.24) is 0 Å². The van der Waals surface area contributed by atoms with Gasteiger partial charge in [-0.05, 0) is 51.0 Å². The molecule has 3 aromatic rings. The highest BCUT2D eigenvalue weighted by Crippen LogP contribution is 2.37. The third kappa shape index (κ3) is 7.24. The minimum atomic E-state index is -0.265. The third-order valence-electron chi connectivity index (χ3n) is 5.13. The van der Waals surface area contributed by atoms with E-state index in [2.05, 4.69) is 10.6 Å². The first-order valence-corrected chi connectivity index (χ1v) is 11.9. The maximum Gasteiger partial charge on any atom is 0.255 e. The molecule has 0 heterocycles. The first kappa shape index (κ1) is 25.6. The van der Waals surface area contributed by atoms with Crippen molar-refractivity contribution in [3.63, 3.8) is 0 Å². The monoisotopic (exact) mass is 476 g/mol. The summed E-state index contributed by atoms with van der Waals surface area (Å²) in [6.45, 7) is 6.99. The van der Waals surface area contributed by atoms with Crippen LogP contribution in [-0.4, -0.2) is 31.6 Å². The highest BCUT2D eigenvalue weighted by molar-refractivity contribution is 6.05. The Hall–Kier alpha value is -4.00. The molecule has 0 saturated carbocycles. The fourth-order valence-corrected chi connectivity index (χ4v) is 3.56. The van der Waals surface area contributed by atoms with E-state index in [1.54, 1.807) is 36.4 Å². The van der Waals surface area contributed by atoms with Crippen LogP contribution in [0.15, 0.2) is 66.7 Å². The molecule has 0 aliphatic rings. The lowest BCUT2D eigenvalue weighted by Gasteiger charge is -2.18. The first-order valence-electron chi connectivity index (χ1n) is 11.9. The van der Waals surface area contributed by atoms with Crippen LogP contribution in [0.2, 0.25) is 0 Å². The van der Waals surface area contributed by atoms with E-state index >= 15 is 0 Å². The van der Waals surface area contributed by atoms with Crippen LogP contribution in [0.25, 0.3) is 0 Å². The Labute approximate surface area is 206 Å². The zero-order chi connectivity index (χ0) is 25.0. The lowest BCUT2D eigenvalue weighted by atomic mass is 10.1. The number of ether oxygens (including phenoxy) is 3. The van der Waals surface area contributed by atoms with Crippen molar-refractivity contribution in [2.24, 2.45) is 0 Å². The molecule has 0 bridgehead atoms. The summed E-state index contributed by atoms with van der Waals surface area (Å²) in [6.07, 6.45) is 0.807. The summed E-state index contributed by atoms with van der Waals surface area (Å²) in [5, 5.41) is 5.82. The quantitative estimate of drug-likeness (QED) is 0.350. The maximum absolute atomic E-state index is 12.8. The van der Waals surface area contributed by atoms with Gasteiger partial charge in [-0.25, -0.2) is 0 Å². The molecule has 7 nitrogen and oxygen atoms in total. The number of hydrogen-bond donors (Lipinski definition) is 2. The number of rotatable bonds is 12. The normalized spacial score (nSPS) is 10.4. The number of nitrogens with one attached hydrogen (secondary N) is 2. The van der Waals surface area contributed by atoms with E-state index in [-0.39, 0.29) is 18.2 Å². The molecule has 0 atom stereocenters. The van der Waals surface area contributed by atoms with E-state index < -0.39 is 0 Å². The second-order valence-electron chi connectivity index (χ2n) is 7.62. The van der Waals surface area contributed by atoms with Crippen LogP contribution in [0.1, 0.15) is 43.1 Å². The number of hydrogen-bond acceptors (Lipinski definition) is 5. The maximum atomic E-state index is 12.8. The van der Waals surface area contributed by atoms with Crippen LogP contribution in [-0.2, 0) is 11.2 Å². The number of para-hydroxylation sites is 1. The molecule has 0 saturated heterocycles. The van der Waals surface area contributed by atoms with Crippen LogP contribution in [0.4, 0.5) is 11.4 Å². The van der Waals surface area contributed by atoms with Gasteiger partial charge in [0.05, 0.1) is 31.2 Å². The molecule has 0 aliphatic carbocycles. The van der Waals surface area contributed by atoms with E-state index in [0.29, 0.717) is 54.7 Å². The highest BCUT2D eigenvalue weighted by atomic mass is 16.5. The number of aryl methyl sites for hydroxylation is 1. The number of carbonyl (C=O) groups excluding carboxylic acids is 2. The van der Waals surface area contributed by atoms with Crippen LogP contribution in [0.3, 0.4) is 0 Å². The molecular weight excluding hydrogens is 444 g/mol. The van der Waals surface area contributed by atoms with Crippen molar-refractivity contribution in [1.29, 1.82) is 0 Å². The molecular formula is C28H32N2O5. The summed E-state index contributed by atoms with van der Waals surface area (Å²) in [4.78, 5) is 25.5. The van der Waals surface area contributed by atoms with Gasteiger partial charge < -0.3 is 24.8 Å². The molecule has 3 rings (SSSR count). The van der Waals surface area contributed by atoms with Crippen molar-refractivity contribution in [2.75, 3.05) is 30.5 Å². The van der Waals surface area contributed by atoms with Crippen LogP contribution < -0.4 is 24.8 Å². The van der Waals surface area contributed by atoms with Gasteiger partial charge in [0.1, 0.15) is 17.2 Å². The van der Waals surface area contributed by atoms with Gasteiger partial charge in [-0.3, -0.25) is 9.59 Å². The zero-order valence-corrected chi connectivity index (χ0v) is 20.4. The molecule has 0 spiro atoms. The van der Waals surface area contributed by atoms with Gasteiger partial charge in [0.2, 0.25) is 5.91 Å². The second-order valence-corrected chi connectivity index (χ2v) is 7.62. The standard InChI is InChI=1S/C28H32N2O5/c1-4-33-24-15-11-10-12-20(24)16-17-27(31)29-22-18-26(35-6-3)23(19-25(22)34-5-2)30-28(32)21-13-8-7-9-14-21/h7-15,18-19H,4-6,16-17H2,1-3H3,(H,29,31)(H,30,32). The van der Waals surface area contributed by atoms with Gasteiger partial charge in [0.25, 0.3) is 5.91 Å². The summed E-state index contributed by atoms with van der Waals surface area (Å²) >= 11 is 0. The summed E-state index contributed by atoms with van der Waals surface area (Å²) in [5.41, 5.74) is 2.45. The van der Waals surface area contributed by atoms with Crippen molar-refractivity contribution in [3.8, 4) is 17.2 Å². The molecule has 0 fully saturated rings. The van der Waals surface area contributed by atoms with Gasteiger partial charge in [0, 0.05) is 24.1 Å². The van der Waals surface area contributed by atoms with Crippen molar-refractivity contribution < 1.29 is 23.8 Å². The van der Waals surface area contributed by atoms with Gasteiger partial charge in [-0.1, -0.05) is 36.4 Å². The topological polar surface area (TPSA) is 85.9 Å². The van der Waals surface area contributed by atoms with Gasteiger partial charge in [-0.15, -0.1) is 0 Å². The minimum Gasteiger partial charge on any atom is -0.494 e. The fourth-order valence-electron chi connectivity index (χ4n) is 3.56. The fraction of sp³-hybridized carbons (Fsp3) is 0.286. The van der Waals surface area contributed by atoms with Crippen LogP contribution in [0, 0.1) is 0 Å². The van der Waals surface area contributed by atoms with E-state index in [0.717, 1.165) is 11.3 Å². The Morgan fingerprint density at radius 1 is 0.686 bits per heavy atom. The Morgan fingerprint density at radius 3 is 1.86 bits per heavy atom. The molecule has 3 aromatic carbocycles. The Kier molecular flexibility index (Phi) is 9.54. The summed E-state index contributed by atoms with van der Waals surface area (Å²) < 4.78 is 17.2. The molecule has 0 unspecified atom stereocenters. The van der Waals surface area contributed by atoms with Gasteiger partial charge in [-0.2, -0.15) is 0 Å². The molecule has 0 radical (unpaired) electrons. The summed E-state index contributed by atoms with van der Waals surface area (Å²) in [5.74, 6) is 1.24. The smallest absolute Gasteiger partial charge is 0.255 e. The number of benzene rings is 3. The molecule has 184 valence electrons. The summed E-state index contributed by atoms with van der Waals surface area (Å²) in [7, 11) is 0. The molecule has 0 aliphatic heterocycles. The number of amides is 2. The van der Waals surface area contributed by atoms with E-state index in [4.69, 9.17) is 14.2 Å². The van der Waals surface area contributed by atoms with Gasteiger partial charge >= 0.3 is 0 Å². The van der Waals surface area contributed by atoms with Crippen molar-refractivity contribution in [3.05, 3.63) is 77.9 Å². The number of carbonyl (C=O) groups is 2. The average molecular weight is 477 g/mol. The molecule has 2 N–H and O–H groups in total. The molecule has 2 amide bonds. The van der Waals surface area contributed by atoms with Gasteiger partial charge in [0.15, 0.2) is 0 Å². The summed E-state index contributed by atoms with van der Waals surface area (Å²) in [6, 6.07) is 20.0.